The van der Waals surface area contributed by atoms with Gasteiger partial charge in [0.1, 0.15) is 11.8 Å². The van der Waals surface area contributed by atoms with E-state index in [1.165, 1.54) is 6.07 Å². The minimum absolute atomic E-state index is 0.0889. The molecule has 1 fully saturated rings. The fourth-order valence-electron chi connectivity index (χ4n) is 2.76. The lowest BCUT2D eigenvalue weighted by Crippen LogP contribution is -2.54. The number of hydrogen-bond donors (Lipinski definition) is 1. The van der Waals surface area contributed by atoms with Crippen molar-refractivity contribution in [1.29, 1.82) is 0 Å². The molecule has 7 nitrogen and oxygen atoms in total. The molecule has 1 N–H and O–H groups in total. The van der Waals surface area contributed by atoms with Crippen molar-refractivity contribution < 1.29 is 23.9 Å². The molecule has 8 heteroatoms. The standard InChI is InChI=1S/C15H13BrN2O5/c1-7(16)23-10-4-2-3-8-12(10)15(22)18(14(8)21)9-5-6-11(19)17-13(9)20/h2-4,7,9H,5-6H2,1H3,(H,17,19,20). The number of nitrogens with one attached hydrogen (secondary N) is 1. The summed E-state index contributed by atoms with van der Waals surface area (Å²) in [5, 5.41) is 1.81. The van der Waals surface area contributed by atoms with Gasteiger partial charge in [-0.15, -0.1) is 0 Å². The predicted octanol–water partition coefficient (Wildman–Crippen LogP) is 1.21. The van der Waals surface area contributed by atoms with E-state index in [0.717, 1.165) is 4.90 Å². The number of fused-ring (bicyclic) bond motifs is 1. The highest BCUT2D eigenvalue weighted by atomic mass is 79.9. The van der Waals surface area contributed by atoms with Gasteiger partial charge < -0.3 is 4.74 Å². The van der Waals surface area contributed by atoms with E-state index >= 15 is 0 Å². The van der Waals surface area contributed by atoms with Gasteiger partial charge in [0.25, 0.3) is 11.8 Å². The van der Waals surface area contributed by atoms with Gasteiger partial charge in [0.15, 0.2) is 5.01 Å². The van der Waals surface area contributed by atoms with Gasteiger partial charge in [0.2, 0.25) is 11.8 Å². The van der Waals surface area contributed by atoms with Crippen molar-refractivity contribution in [3.05, 3.63) is 29.3 Å². The van der Waals surface area contributed by atoms with Crippen LogP contribution >= 0.6 is 15.9 Å². The largest absolute Gasteiger partial charge is 0.479 e. The van der Waals surface area contributed by atoms with Gasteiger partial charge in [-0.1, -0.05) is 6.07 Å². The quantitative estimate of drug-likeness (QED) is 0.628. The molecule has 2 atom stereocenters. The maximum Gasteiger partial charge on any atom is 0.266 e. The maximum atomic E-state index is 12.7. The van der Waals surface area contributed by atoms with Gasteiger partial charge in [-0.2, -0.15) is 0 Å². The Hall–Kier alpha value is -2.22. The van der Waals surface area contributed by atoms with E-state index in [1.54, 1.807) is 19.1 Å². The summed E-state index contributed by atoms with van der Waals surface area (Å²) in [6, 6.07) is 3.75. The summed E-state index contributed by atoms with van der Waals surface area (Å²) in [5.74, 6) is -1.89. The molecule has 1 aromatic rings. The number of piperidine rings is 1. The second-order valence-electron chi connectivity index (χ2n) is 5.29. The lowest BCUT2D eigenvalue weighted by Gasteiger charge is -2.27. The number of alkyl halides is 1. The lowest BCUT2D eigenvalue weighted by atomic mass is 10.0. The van der Waals surface area contributed by atoms with E-state index < -0.39 is 29.7 Å². The third-order valence-corrected chi connectivity index (χ3v) is 3.91. The molecule has 2 unspecified atom stereocenters. The van der Waals surface area contributed by atoms with Crippen molar-refractivity contribution in [3.8, 4) is 5.75 Å². The fraction of sp³-hybridized carbons (Fsp3) is 0.333. The van der Waals surface area contributed by atoms with Crippen LogP contribution in [-0.4, -0.2) is 39.6 Å². The molecule has 1 saturated heterocycles. The average molecular weight is 381 g/mol. The van der Waals surface area contributed by atoms with Crippen molar-refractivity contribution in [2.24, 2.45) is 0 Å². The van der Waals surface area contributed by atoms with E-state index in [9.17, 15) is 19.2 Å². The summed E-state index contributed by atoms with van der Waals surface area (Å²) in [4.78, 5) is 49.4. The second kappa shape index (κ2) is 5.77. The minimum atomic E-state index is -0.977. The monoisotopic (exact) mass is 380 g/mol. The normalized spacial score (nSPS) is 22.0. The molecule has 3 rings (SSSR count). The molecule has 0 bridgehead atoms. The van der Waals surface area contributed by atoms with Gasteiger partial charge in [0, 0.05) is 6.42 Å². The third-order valence-electron chi connectivity index (χ3n) is 3.72. The Morgan fingerprint density at radius 2 is 2.00 bits per heavy atom. The summed E-state index contributed by atoms with van der Waals surface area (Å²) in [6.07, 6.45) is 0.215. The zero-order valence-electron chi connectivity index (χ0n) is 12.2. The molecule has 2 aliphatic rings. The Morgan fingerprint density at radius 3 is 2.65 bits per heavy atom. The number of hydrogen-bond acceptors (Lipinski definition) is 5. The maximum absolute atomic E-state index is 12.7. The third kappa shape index (κ3) is 2.63. The zero-order chi connectivity index (χ0) is 16.7. The number of rotatable bonds is 3. The van der Waals surface area contributed by atoms with Gasteiger partial charge in [0.05, 0.1) is 11.1 Å². The van der Waals surface area contributed by atoms with E-state index in [2.05, 4.69) is 21.2 Å². The molecule has 23 heavy (non-hydrogen) atoms. The van der Waals surface area contributed by atoms with Crippen LogP contribution in [0.15, 0.2) is 18.2 Å². The Balaban J connectivity index is 1.98. The molecular formula is C15H13BrN2O5. The van der Waals surface area contributed by atoms with Crippen LogP contribution in [0, 0.1) is 0 Å². The first-order valence-corrected chi connectivity index (χ1v) is 7.97. The number of carbonyl (C=O) groups is 4. The number of benzene rings is 1. The molecule has 0 aliphatic carbocycles. The van der Waals surface area contributed by atoms with Crippen LogP contribution < -0.4 is 10.1 Å². The molecular weight excluding hydrogens is 368 g/mol. The summed E-state index contributed by atoms with van der Waals surface area (Å²) in [7, 11) is 0. The molecule has 4 amide bonds. The molecule has 2 heterocycles. The number of nitrogens with zero attached hydrogens (tertiary/aromatic N) is 1. The lowest BCUT2D eigenvalue weighted by molar-refractivity contribution is -0.136. The molecule has 0 aromatic heterocycles. The van der Waals surface area contributed by atoms with E-state index in [4.69, 9.17) is 4.74 Å². The zero-order valence-corrected chi connectivity index (χ0v) is 13.8. The van der Waals surface area contributed by atoms with Gasteiger partial charge in [-0.3, -0.25) is 29.4 Å². The summed E-state index contributed by atoms with van der Waals surface area (Å²) < 4.78 is 5.52. The highest BCUT2D eigenvalue weighted by Gasteiger charge is 2.46. The van der Waals surface area contributed by atoms with Crippen LogP contribution in [0.3, 0.4) is 0 Å². The summed E-state index contributed by atoms with van der Waals surface area (Å²) >= 11 is 3.23. The number of imide groups is 2. The number of amides is 4. The summed E-state index contributed by atoms with van der Waals surface area (Å²) in [5.41, 5.74) is 0.346. The highest BCUT2D eigenvalue weighted by Crippen LogP contribution is 2.34. The topological polar surface area (TPSA) is 92.8 Å². The predicted molar refractivity (Wildman–Crippen MR) is 82.1 cm³/mol. The number of carbonyl (C=O) groups excluding carboxylic acids is 4. The molecule has 0 spiro atoms. The molecule has 2 aliphatic heterocycles. The highest BCUT2D eigenvalue weighted by molar-refractivity contribution is 9.09. The van der Waals surface area contributed by atoms with Crippen molar-refractivity contribution in [3.63, 3.8) is 0 Å². The fourth-order valence-corrected chi connectivity index (χ4v) is 2.96. The first kappa shape index (κ1) is 15.7. The number of ether oxygens (including phenoxy) is 1. The van der Waals surface area contributed by atoms with Crippen LogP contribution in [0.5, 0.6) is 5.75 Å². The van der Waals surface area contributed by atoms with Crippen molar-refractivity contribution >= 4 is 39.6 Å². The van der Waals surface area contributed by atoms with Crippen LogP contribution in [0.25, 0.3) is 0 Å². The number of halogens is 1. The van der Waals surface area contributed by atoms with Gasteiger partial charge >= 0.3 is 0 Å². The minimum Gasteiger partial charge on any atom is -0.479 e. The first-order valence-electron chi connectivity index (χ1n) is 7.05. The first-order chi connectivity index (χ1) is 10.9. The summed E-state index contributed by atoms with van der Waals surface area (Å²) in [6.45, 7) is 1.73. The van der Waals surface area contributed by atoms with E-state index in [1.807, 2.05) is 0 Å². The second-order valence-corrected chi connectivity index (χ2v) is 6.58. The van der Waals surface area contributed by atoms with Crippen LogP contribution in [0.2, 0.25) is 0 Å². The Labute approximate surface area is 140 Å². The molecule has 0 radical (unpaired) electrons. The molecule has 1 aromatic carbocycles. The smallest absolute Gasteiger partial charge is 0.266 e. The van der Waals surface area contributed by atoms with E-state index in [-0.39, 0.29) is 34.7 Å². The Morgan fingerprint density at radius 1 is 1.26 bits per heavy atom. The average Bonchev–Trinajstić information content (AvgIpc) is 2.72. The van der Waals surface area contributed by atoms with Crippen molar-refractivity contribution in [2.75, 3.05) is 0 Å². The van der Waals surface area contributed by atoms with Crippen molar-refractivity contribution in [1.82, 2.24) is 10.2 Å². The van der Waals surface area contributed by atoms with Crippen LogP contribution in [-0.2, 0) is 9.59 Å². The van der Waals surface area contributed by atoms with Crippen LogP contribution in [0.1, 0.15) is 40.5 Å². The van der Waals surface area contributed by atoms with Gasteiger partial charge in [-0.05, 0) is 41.4 Å². The Kier molecular flexibility index (Phi) is 3.93. The van der Waals surface area contributed by atoms with E-state index in [0.29, 0.717) is 0 Å². The Bertz CT molecular complexity index is 731. The van der Waals surface area contributed by atoms with Crippen LogP contribution in [0.4, 0.5) is 0 Å². The van der Waals surface area contributed by atoms with Gasteiger partial charge in [-0.25, -0.2) is 0 Å². The van der Waals surface area contributed by atoms with Crippen molar-refractivity contribution in [2.45, 2.75) is 30.8 Å². The molecule has 120 valence electrons. The SMILES string of the molecule is CC(Br)Oc1cccc2c1C(=O)N(C1CCC(=O)NC1=O)C2=O. The molecule has 0 saturated carbocycles.